The van der Waals surface area contributed by atoms with Crippen LogP contribution in [0.1, 0.15) is 38.7 Å². The second-order valence-electron chi connectivity index (χ2n) is 5.19. The molecule has 1 heterocycles. The molecule has 0 aliphatic carbocycles. The van der Waals surface area contributed by atoms with Gasteiger partial charge in [0.05, 0.1) is 0 Å². The summed E-state index contributed by atoms with van der Waals surface area (Å²) >= 11 is 0. The van der Waals surface area contributed by atoms with E-state index in [2.05, 4.69) is 43.0 Å². The highest BCUT2D eigenvalue weighted by molar-refractivity contribution is 5.59. The fourth-order valence-corrected chi connectivity index (χ4v) is 2.70. The molecule has 0 spiro atoms. The zero-order chi connectivity index (χ0) is 12.3. The number of nitrogens with two attached hydrogens (primary N) is 1. The molecule has 0 bridgehead atoms. The van der Waals surface area contributed by atoms with Crippen LogP contribution in [0, 0.1) is 0 Å². The van der Waals surface area contributed by atoms with Crippen molar-refractivity contribution in [3.8, 4) is 0 Å². The Balaban J connectivity index is 1.93. The number of nitrogens with zero attached hydrogens (tertiary/aromatic N) is 1. The number of benzene rings is 1. The Labute approximate surface area is 105 Å². The lowest BCUT2D eigenvalue weighted by atomic mass is 10.1. The van der Waals surface area contributed by atoms with Gasteiger partial charge in [0.2, 0.25) is 0 Å². The normalized spacial score (nSPS) is 20.4. The van der Waals surface area contributed by atoms with E-state index in [0.717, 1.165) is 19.4 Å². The van der Waals surface area contributed by atoms with Crippen molar-refractivity contribution >= 4 is 5.69 Å². The highest BCUT2D eigenvalue weighted by Crippen LogP contribution is 2.31. The van der Waals surface area contributed by atoms with E-state index in [1.165, 1.54) is 24.1 Å². The van der Waals surface area contributed by atoms with Gasteiger partial charge in [0.1, 0.15) is 0 Å². The first-order valence-electron chi connectivity index (χ1n) is 6.82. The lowest BCUT2D eigenvalue weighted by Gasteiger charge is -2.25. The average Bonchev–Trinajstić information content (AvgIpc) is 2.66. The Bertz CT molecular complexity index is 362. The topological polar surface area (TPSA) is 29.3 Å². The molecule has 1 aromatic carbocycles. The molecule has 1 aliphatic heterocycles. The zero-order valence-electron chi connectivity index (χ0n) is 11.0. The predicted molar refractivity (Wildman–Crippen MR) is 74.5 cm³/mol. The monoisotopic (exact) mass is 232 g/mol. The van der Waals surface area contributed by atoms with Crippen molar-refractivity contribution in [1.29, 1.82) is 0 Å². The van der Waals surface area contributed by atoms with Crippen LogP contribution in [0.15, 0.2) is 24.3 Å². The number of rotatable bonds is 5. The Morgan fingerprint density at radius 1 is 1.41 bits per heavy atom. The third kappa shape index (κ3) is 2.81. The van der Waals surface area contributed by atoms with E-state index < -0.39 is 0 Å². The summed E-state index contributed by atoms with van der Waals surface area (Å²) in [6, 6.07) is 9.81. The minimum absolute atomic E-state index is 0.378. The van der Waals surface area contributed by atoms with Gasteiger partial charge in [0, 0.05) is 24.3 Å². The van der Waals surface area contributed by atoms with Crippen LogP contribution in [0.3, 0.4) is 0 Å². The van der Waals surface area contributed by atoms with Crippen LogP contribution in [0.2, 0.25) is 0 Å². The molecule has 0 saturated carbocycles. The van der Waals surface area contributed by atoms with Gasteiger partial charge < -0.3 is 10.6 Å². The molecule has 2 rings (SSSR count). The van der Waals surface area contributed by atoms with Crippen LogP contribution >= 0.6 is 0 Å². The first kappa shape index (κ1) is 12.4. The first-order valence-corrected chi connectivity index (χ1v) is 6.82. The van der Waals surface area contributed by atoms with E-state index in [0.29, 0.717) is 12.1 Å². The molecule has 2 atom stereocenters. The van der Waals surface area contributed by atoms with Gasteiger partial charge in [-0.25, -0.2) is 0 Å². The van der Waals surface area contributed by atoms with Crippen LogP contribution < -0.4 is 10.6 Å². The molecule has 0 saturated heterocycles. The third-order valence-electron chi connectivity index (χ3n) is 3.85. The van der Waals surface area contributed by atoms with Crippen LogP contribution in [-0.4, -0.2) is 18.6 Å². The van der Waals surface area contributed by atoms with Crippen molar-refractivity contribution in [2.75, 3.05) is 11.4 Å². The third-order valence-corrected chi connectivity index (χ3v) is 3.85. The summed E-state index contributed by atoms with van der Waals surface area (Å²) in [4.78, 5) is 2.54. The maximum absolute atomic E-state index is 5.97. The van der Waals surface area contributed by atoms with E-state index in [1.54, 1.807) is 0 Å². The fraction of sp³-hybridized carbons (Fsp3) is 0.600. The van der Waals surface area contributed by atoms with Gasteiger partial charge in [0.25, 0.3) is 0 Å². The molecule has 2 nitrogen and oxygen atoms in total. The Hall–Kier alpha value is -1.02. The zero-order valence-corrected chi connectivity index (χ0v) is 11.0. The molecule has 94 valence electrons. The van der Waals surface area contributed by atoms with Crippen LogP contribution in [0.5, 0.6) is 0 Å². The van der Waals surface area contributed by atoms with Crippen LogP contribution in [0.4, 0.5) is 5.69 Å². The van der Waals surface area contributed by atoms with Crippen molar-refractivity contribution in [1.82, 2.24) is 0 Å². The molecular weight excluding hydrogens is 208 g/mol. The van der Waals surface area contributed by atoms with Gasteiger partial charge in [-0.05, 0) is 44.2 Å². The average molecular weight is 232 g/mol. The van der Waals surface area contributed by atoms with Crippen LogP contribution in [-0.2, 0) is 6.42 Å². The lowest BCUT2D eigenvalue weighted by Crippen LogP contribution is -2.31. The molecule has 0 amide bonds. The predicted octanol–water partition coefficient (Wildman–Crippen LogP) is 2.96. The van der Waals surface area contributed by atoms with Gasteiger partial charge in [-0.3, -0.25) is 0 Å². The summed E-state index contributed by atoms with van der Waals surface area (Å²) < 4.78 is 0. The Morgan fingerprint density at radius 3 is 2.94 bits per heavy atom. The van der Waals surface area contributed by atoms with Crippen molar-refractivity contribution in [2.45, 2.75) is 51.6 Å². The number of hydrogen-bond donors (Lipinski definition) is 1. The van der Waals surface area contributed by atoms with E-state index in [4.69, 9.17) is 5.73 Å². The smallest absolute Gasteiger partial charge is 0.0402 e. The minimum atomic E-state index is 0.378. The SMILES string of the molecule is CCC(N)CCCN1c2ccccc2CC1C. The molecule has 0 radical (unpaired) electrons. The largest absolute Gasteiger partial charge is 0.368 e. The number of anilines is 1. The molecular formula is C15H24N2. The van der Waals surface area contributed by atoms with Crippen LogP contribution in [0.25, 0.3) is 0 Å². The summed E-state index contributed by atoms with van der Waals surface area (Å²) in [5, 5.41) is 0. The molecule has 2 heteroatoms. The summed E-state index contributed by atoms with van der Waals surface area (Å²) in [6.07, 6.45) is 4.62. The van der Waals surface area contributed by atoms with Gasteiger partial charge >= 0.3 is 0 Å². The summed E-state index contributed by atoms with van der Waals surface area (Å²) in [5.41, 5.74) is 8.90. The molecule has 1 aromatic rings. The molecule has 1 aliphatic rings. The van der Waals surface area contributed by atoms with Gasteiger partial charge in [0.15, 0.2) is 0 Å². The van der Waals surface area contributed by atoms with Gasteiger partial charge in [-0.2, -0.15) is 0 Å². The summed E-state index contributed by atoms with van der Waals surface area (Å²) in [7, 11) is 0. The second-order valence-corrected chi connectivity index (χ2v) is 5.19. The second kappa shape index (κ2) is 5.54. The molecule has 2 N–H and O–H groups in total. The highest BCUT2D eigenvalue weighted by atomic mass is 15.2. The van der Waals surface area contributed by atoms with Crippen molar-refractivity contribution < 1.29 is 0 Å². The summed E-state index contributed by atoms with van der Waals surface area (Å²) in [5.74, 6) is 0. The minimum Gasteiger partial charge on any atom is -0.368 e. The Kier molecular flexibility index (Phi) is 4.06. The van der Waals surface area contributed by atoms with Crippen molar-refractivity contribution in [3.63, 3.8) is 0 Å². The Morgan fingerprint density at radius 2 is 2.18 bits per heavy atom. The molecule has 0 fully saturated rings. The summed E-state index contributed by atoms with van der Waals surface area (Å²) in [6.45, 7) is 5.63. The van der Waals surface area contributed by atoms with E-state index in [1.807, 2.05) is 0 Å². The standard InChI is InChI=1S/C15H24N2/c1-3-14(16)8-6-10-17-12(2)11-13-7-4-5-9-15(13)17/h4-5,7,9,12,14H,3,6,8,10-11,16H2,1-2H3. The van der Waals surface area contributed by atoms with E-state index in [-0.39, 0.29) is 0 Å². The molecule has 17 heavy (non-hydrogen) atoms. The van der Waals surface area contributed by atoms with Crippen molar-refractivity contribution in [2.24, 2.45) is 5.73 Å². The van der Waals surface area contributed by atoms with E-state index in [9.17, 15) is 0 Å². The number of hydrogen-bond acceptors (Lipinski definition) is 2. The first-order chi connectivity index (χ1) is 8.22. The van der Waals surface area contributed by atoms with E-state index >= 15 is 0 Å². The van der Waals surface area contributed by atoms with Gasteiger partial charge in [-0.1, -0.05) is 25.1 Å². The molecule has 2 unspecified atom stereocenters. The number of fused-ring (bicyclic) bond motifs is 1. The van der Waals surface area contributed by atoms with Gasteiger partial charge in [-0.15, -0.1) is 0 Å². The lowest BCUT2D eigenvalue weighted by molar-refractivity contribution is 0.549. The quantitative estimate of drug-likeness (QED) is 0.845. The number of para-hydroxylation sites is 1. The van der Waals surface area contributed by atoms with Crippen molar-refractivity contribution in [3.05, 3.63) is 29.8 Å². The maximum atomic E-state index is 5.97. The molecule has 0 aromatic heterocycles. The fourth-order valence-electron chi connectivity index (χ4n) is 2.70. The maximum Gasteiger partial charge on any atom is 0.0402 e. The highest BCUT2D eigenvalue weighted by Gasteiger charge is 2.24.